The first-order valence-corrected chi connectivity index (χ1v) is 11.3. The van der Waals surface area contributed by atoms with E-state index in [9.17, 15) is 4.79 Å². The van der Waals surface area contributed by atoms with Gasteiger partial charge in [-0.05, 0) is 36.8 Å². The molecule has 0 bridgehead atoms. The summed E-state index contributed by atoms with van der Waals surface area (Å²) in [6.07, 6.45) is 9.55. The zero-order valence-electron chi connectivity index (χ0n) is 16.9. The highest BCUT2D eigenvalue weighted by atomic mass is 32.2. The summed E-state index contributed by atoms with van der Waals surface area (Å²) in [5.41, 5.74) is 3.13. The number of amides is 1. The van der Waals surface area contributed by atoms with Crippen LogP contribution in [0.3, 0.4) is 0 Å². The first-order valence-electron chi connectivity index (χ1n) is 10.3. The van der Waals surface area contributed by atoms with Gasteiger partial charge in [0.15, 0.2) is 5.82 Å². The molecule has 0 saturated heterocycles. The highest BCUT2D eigenvalue weighted by molar-refractivity contribution is 7.99. The Bertz CT molecular complexity index is 798. The van der Waals surface area contributed by atoms with E-state index >= 15 is 0 Å². The smallest absolute Gasteiger partial charge is 0.234 e. The fourth-order valence-electron chi connectivity index (χ4n) is 3.89. The van der Waals surface area contributed by atoms with E-state index in [1.54, 1.807) is 4.68 Å². The minimum absolute atomic E-state index is 0.0549. The second-order valence-electron chi connectivity index (χ2n) is 7.61. The number of nitrogens with zero attached hydrogens (tertiary/aromatic N) is 3. The van der Waals surface area contributed by atoms with Gasteiger partial charge in [-0.1, -0.05) is 69.0 Å². The Hall–Kier alpha value is -2.02. The van der Waals surface area contributed by atoms with E-state index in [1.807, 2.05) is 25.1 Å². The van der Waals surface area contributed by atoms with E-state index < -0.39 is 0 Å². The second kappa shape index (κ2) is 9.96. The van der Waals surface area contributed by atoms with Crippen molar-refractivity contribution in [1.29, 1.82) is 0 Å². The van der Waals surface area contributed by atoms with E-state index in [0.29, 0.717) is 5.16 Å². The lowest BCUT2D eigenvalue weighted by molar-refractivity contribution is -0.113. The highest BCUT2D eigenvalue weighted by Gasteiger charge is 2.17. The minimum atomic E-state index is -0.0549. The normalized spacial score (nSPS) is 14.9. The van der Waals surface area contributed by atoms with E-state index in [1.165, 1.54) is 43.9 Å². The summed E-state index contributed by atoms with van der Waals surface area (Å²) in [5.74, 6) is 7.96. The summed E-state index contributed by atoms with van der Waals surface area (Å²) in [5, 5.41) is 12.0. The van der Waals surface area contributed by atoms with Crippen LogP contribution in [0.5, 0.6) is 0 Å². The molecule has 1 heterocycles. The van der Waals surface area contributed by atoms with Gasteiger partial charge in [-0.15, -0.1) is 10.2 Å². The fraction of sp³-hybridized carbons (Fsp3) is 0.571. The van der Waals surface area contributed by atoms with Crippen molar-refractivity contribution in [2.75, 3.05) is 16.9 Å². The lowest BCUT2D eigenvalue weighted by Gasteiger charge is -2.20. The molecule has 1 aromatic carbocycles. The molecule has 1 aromatic heterocycles. The Labute approximate surface area is 171 Å². The summed E-state index contributed by atoms with van der Waals surface area (Å²) in [4.78, 5) is 12.4. The van der Waals surface area contributed by atoms with Crippen LogP contribution in [-0.4, -0.2) is 26.5 Å². The molecule has 1 saturated carbocycles. The summed E-state index contributed by atoms with van der Waals surface area (Å²) in [6.45, 7) is 4.10. The Morgan fingerprint density at radius 3 is 2.82 bits per heavy atom. The van der Waals surface area contributed by atoms with Crippen LogP contribution in [0.15, 0.2) is 23.4 Å². The van der Waals surface area contributed by atoms with Crippen LogP contribution < -0.4 is 11.2 Å². The van der Waals surface area contributed by atoms with Crippen LogP contribution >= 0.6 is 11.8 Å². The van der Waals surface area contributed by atoms with Crippen molar-refractivity contribution in [1.82, 2.24) is 14.9 Å². The molecule has 0 unspecified atom stereocenters. The Morgan fingerprint density at radius 1 is 1.29 bits per heavy atom. The zero-order chi connectivity index (χ0) is 19.9. The van der Waals surface area contributed by atoms with Crippen LogP contribution in [0, 0.1) is 12.8 Å². The average molecular weight is 402 g/mol. The molecule has 0 atom stereocenters. The maximum absolute atomic E-state index is 12.4. The Balaban J connectivity index is 1.52. The molecule has 1 aliphatic rings. The molecule has 1 fully saturated rings. The minimum Gasteiger partial charge on any atom is -0.336 e. The molecule has 152 valence electrons. The van der Waals surface area contributed by atoms with E-state index in [4.69, 9.17) is 5.84 Å². The highest BCUT2D eigenvalue weighted by Crippen LogP contribution is 2.27. The number of anilines is 1. The van der Waals surface area contributed by atoms with Crippen LogP contribution in [0.2, 0.25) is 0 Å². The van der Waals surface area contributed by atoms with Crippen LogP contribution in [0.4, 0.5) is 5.69 Å². The lowest BCUT2D eigenvalue weighted by Crippen LogP contribution is -2.18. The molecule has 6 nitrogen and oxygen atoms in total. The van der Waals surface area contributed by atoms with Gasteiger partial charge in [0.1, 0.15) is 0 Å². The van der Waals surface area contributed by atoms with Gasteiger partial charge in [-0.3, -0.25) is 4.79 Å². The largest absolute Gasteiger partial charge is 0.336 e. The van der Waals surface area contributed by atoms with E-state index in [0.717, 1.165) is 47.8 Å². The molecule has 0 spiro atoms. The molecule has 0 aliphatic heterocycles. The van der Waals surface area contributed by atoms with Crippen molar-refractivity contribution in [3.8, 4) is 0 Å². The van der Waals surface area contributed by atoms with Gasteiger partial charge >= 0.3 is 0 Å². The van der Waals surface area contributed by atoms with Crippen LogP contribution in [0.1, 0.15) is 62.4 Å². The van der Waals surface area contributed by atoms with Gasteiger partial charge in [0, 0.05) is 12.1 Å². The number of hydrogen-bond acceptors (Lipinski definition) is 5. The van der Waals surface area contributed by atoms with E-state index in [-0.39, 0.29) is 11.7 Å². The van der Waals surface area contributed by atoms with Gasteiger partial charge in [-0.25, -0.2) is 4.68 Å². The van der Waals surface area contributed by atoms with Gasteiger partial charge in [0.2, 0.25) is 11.1 Å². The predicted octanol–water partition coefficient (Wildman–Crippen LogP) is 4.11. The van der Waals surface area contributed by atoms with Gasteiger partial charge < -0.3 is 11.2 Å². The summed E-state index contributed by atoms with van der Waals surface area (Å²) < 4.78 is 1.55. The first-order chi connectivity index (χ1) is 13.6. The number of hydrogen-bond donors (Lipinski definition) is 2. The number of thioether (sulfide) groups is 1. The maximum atomic E-state index is 12.4. The summed E-state index contributed by atoms with van der Waals surface area (Å²) in [7, 11) is 0. The van der Waals surface area contributed by atoms with Crippen LogP contribution in [0.25, 0.3) is 0 Å². The number of nitrogens with two attached hydrogens (primary N) is 1. The van der Waals surface area contributed by atoms with Crippen molar-refractivity contribution >= 4 is 23.4 Å². The molecular weight excluding hydrogens is 370 g/mol. The number of carbonyl (C=O) groups excluding carboxylic acids is 1. The third-order valence-corrected chi connectivity index (χ3v) is 6.52. The van der Waals surface area contributed by atoms with Crippen molar-refractivity contribution < 1.29 is 4.79 Å². The second-order valence-corrected chi connectivity index (χ2v) is 8.55. The lowest BCUT2D eigenvalue weighted by atomic mass is 9.86. The van der Waals surface area contributed by atoms with Crippen molar-refractivity contribution in [3.05, 3.63) is 35.2 Å². The average Bonchev–Trinajstić information content (AvgIpc) is 3.06. The molecular formula is C21H31N5OS. The van der Waals surface area contributed by atoms with Crippen molar-refractivity contribution in [2.24, 2.45) is 5.92 Å². The van der Waals surface area contributed by atoms with E-state index in [2.05, 4.69) is 22.4 Å². The molecule has 0 radical (unpaired) electrons. The topological polar surface area (TPSA) is 85.8 Å². The molecule has 7 heteroatoms. The predicted molar refractivity (Wildman–Crippen MR) is 115 cm³/mol. The van der Waals surface area contributed by atoms with Crippen molar-refractivity contribution in [3.63, 3.8) is 0 Å². The van der Waals surface area contributed by atoms with Gasteiger partial charge in [0.25, 0.3) is 0 Å². The molecule has 3 rings (SSSR count). The standard InChI is InChI=1S/C21H31N5OS/c1-3-17-11-7-8-15(2)20(17)23-19(27)14-28-21-25-24-18(26(21)22)13-12-16-9-5-4-6-10-16/h7-8,11,16H,3-6,9-10,12-14,22H2,1-2H3,(H,23,27). The SMILES string of the molecule is CCc1cccc(C)c1NC(=O)CSc1nnc(CCC2CCCCC2)n1N. The Kier molecular flexibility index (Phi) is 7.36. The number of carbonyl (C=O) groups is 1. The monoisotopic (exact) mass is 401 g/mol. The molecule has 1 amide bonds. The number of benzene rings is 1. The van der Waals surface area contributed by atoms with Gasteiger partial charge in [-0.2, -0.15) is 0 Å². The molecule has 28 heavy (non-hydrogen) atoms. The number of nitrogens with one attached hydrogen (secondary N) is 1. The first kappa shape index (κ1) is 20.7. The maximum Gasteiger partial charge on any atom is 0.234 e. The van der Waals surface area contributed by atoms with Gasteiger partial charge in [0.05, 0.1) is 5.75 Å². The third kappa shape index (κ3) is 5.28. The Morgan fingerprint density at radius 2 is 2.07 bits per heavy atom. The quantitative estimate of drug-likeness (QED) is 0.514. The number of aryl methyl sites for hydroxylation is 3. The zero-order valence-corrected chi connectivity index (χ0v) is 17.7. The molecule has 1 aliphatic carbocycles. The molecule has 3 N–H and O–H groups in total. The number of nitrogen functional groups attached to an aromatic ring is 1. The van der Waals surface area contributed by atoms with Crippen molar-refractivity contribution in [2.45, 2.75) is 70.4 Å². The number of aromatic nitrogens is 3. The number of para-hydroxylation sites is 1. The summed E-state index contributed by atoms with van der Waals surface area (Å²) in [6, 6.07) is 6.08. The summed E-state index contributed by atoms with van der Waals surface area (Å²) >= 11 is 1.33. The van der Waals surface area contributed by atoms with Crippen LogP contribution in [-0.2, 0) is 17.6 Å². The molecule has 2 aromatic rings. The number of rotatable bonds is 8. The fourth-order valence-corrected chi connectivity index (χ4v) is 4.57. The third-order valence-electron chi connectivity index (χ3n) is 5.57.